The van der Waals surface area contributed by atoms with E-state index in [4.69, 9.17) is 9.15 Å². The topological polar surface area (TPSA) is 89.7 Å². The predicted molar refractivity (Wildman–Crippen MR) is 118 cm³/mol. The van der Waals surface area contributed by atoms with Gasteiger partial charge in [0.25, 0.3) is 5.91 Å². The number of nitrogens with zero attached hydrogens (tertiary/aromatic N) is 2. The zero-order valence-corrected chi connectivity index (χ0v) is 17.7. The van der Waals surface area contributed by atoms with Crippen molar-refractivity contribution in [1.82, 2.24) is 4.98 Å². The van der Waals surface area contributed by atoms with E-state index in [9.17, 15) is 18.8 Å². The Balaban J connectivity index is 1.77. The number of pyridine rings is 1. The zero-order chi connectivity index (χ0) is 23.3. The maximum atomic E-state index is 13.9. The minimum absolute atomic E-state index is 0.0387. The highest BCUT2D eigenvalue weighted by Crippen LogP contribution is 2.40. The third-order valence-electron chi connectivity index (χ3n) is 5.63. The van der Waals surface area contributed by atoms with E-state index in [1.165, 1.54) is 24.1 Å². The molecule has 0 unspecified atom stereocenters. The number of hydrogen-bond donors (Lipinski definition) is 0. The van der Waals surface area contributed by atoms with E-state index in [1.54, 1.807) is 42.6 Å². The maximum absolute atomic E-state index is 13.9. The molecule has 33 heavy (non-hydrogen) atoms. The number of hydrogen-bond acceptors (Lipinski definition) is 6. The molecule has 0 spiro atoms. The fraction of sp³-hybridized carbons (Fsp3) is 0.120. The van der Waals surface area contributed by atoms with Crippen LogP contribution in [0.3, 0.4) is 0 Å². The van der Waals surface area contributed by atoms with Gasteiger partial charge in [-0.25, -0.2) is 14.2 Å². The molecule has 1 amide bonds. The van der Waals surface area contributed by atoms with E-state index < -0.39 is 29.2 Å². The molecule has 0 saturated carbocycles. The minimum Gasteiger partial charge on any atom is -0.465 e. The quantitative estimate of drug-likeness (QED) is 0.441. The number of amides is 1. The van der Waals surface area contributed by atoms with Crippen LogP contribution in [0, 0.1) is 12.7 Å². The number of ether oxygens (including phenoxy) is 1. The highest BCUT2D eigenvalue weighted by atomic mass is 19.1. The zero-order valence-electron chi connectivity index (χ0n) is 17.7. The van der Waals surface area contributed by atoms with Gasteiger partial charge in [0.05, 0.1) is 29.7 Å². The van der Waals surface area contributed by atoms with Crippen molar-refractivity contribution in [3.63, 3.8) is 0 Å². The summed E-state index contributed by atoms with van der Waals surface area (Å²) in [6.45, 7) is 1.86. The van der Waals surface area contributed by atoms with Crippen LogP contribution in [0.2, 0.25) is 0 Å². The van der Waals surface area contributed by atoms with Gasteiger partial charge >= 0.3 is 5.97 Å². The van der Waals surface area contributed by atoms with Gasteiger partial charge in [-0.05, 0) is 60.5 Å². The minimum atomic E-state index is -0.877. The molecule has 4 aromatic rings. The van der Waals surface area contributed by atoms with Crippen LogP contribution in [0.5, 0.6) is 0 Å². The third-order valence-corrected chi connectivity index (χ3v) is 5.63. The van der Waals surface area contributed by atoms with E-state index in [0.29, 0.717) is 16.9 Å². The Hall–Kier alpha value is -4.33. The molecule has 1 aliphatic rings. The number of benzene rings is 2. The first-order valence-corrected chi connectivity index (χ1v) is 10.1. The molecular weight excluding hydrogens is 427 g/mol. The van der Waals surface area contributed by atoms with Crippen molar-refractivity contribution in [1.29, 1.82) is 0 Å². The van der Waals surface area contributed by atoms with Crippen molar-refractivity contribution in [2.45, 2.75) is 13.0 Å². The number of aryl methyl sites for hydroxylation is 1. The highest BCUT2D eigenvalue weighted by molar-refractivity contribution is 6.10. The first-order chi connectivity index (χ1) is 15.9. The second-order valence-corrected chi connectivity index (χ2v) is 7.70. The van der Waals surface area contributed by atoms with Crippen molar-refractivity contribution in [3.05, 3.63) is 105 Å². The SMILES string of the molecule is COC(=O)c1ccc([C@@H]2c3c(oc4ccc(F)cc4c3=O)C(=O)N2c2cc(C)ccn2)cc1. The summed E-state index contributed by atoms with van der Waals surface area (Å²) in [6, 6.07) is 12.6. The van der Waals surface area contributed by atoms with Crippen molar-refractivity contribution >= 4 is 28.7 Å². The summed E-state index contributed by atoms with van der Waals surface area (Å²) >= 11 is 0. The molecule has 0 saturated heterocycles. The summed E-state index contributed by atoms with van der Waals surface area (Å²) in [7, 11) is 1.28. The molecule has 1 aliphatic heterocycles. The van der Waals surface area contributed by atoms with Crippen molar-refractivity contribution in [2.24, 2.45) is 0 Å². The maximum Gasteiger partial charge on any atom is 0.337 e. The molecule has 0 bridgehead atoms. The normalized spacial score (nSPS) is 15.1. The van der Waals surface area contributed by atoms with E-state index >= 15 is 0 Å². The van der Waals surface area contributed by atoms with E-state index in [0.717, 1.165) is 11.6 Å². The van der Waals surface area contributed by atoms with Crippen LogP contribution in [0.4, 0.5) is 10.2 Å². The molecule has 0 fully saturated rings. The number of carbonyl (C=O) groups excluding carboxylic acids is 2. The van der Waals surface area contributed by atoms with Crippen LogP contribution >= 0.6 is 0 Å². The molecule has 7 nitrogen and oxygen atoms in total. The number of aromatic nitrogens is 1. The summed E-state index contributed by atoms with van der Waals surface area (Å²) in [5.74, 6) is -1.42. The van der Waals surface area contributed by atoms with Crippen LogP contribution in [-0.2, 0) is 4.74 Å². The number of rotatable bonds is 3. The van der Waals surface area contributed by atoms with Crippen LogP contribution in [-0.4, -0.2) is 24.0 Å². The number of carbonyl (C=O) groups is 2. The van der Waals surface area contributed by atoms with Gasteiger partial charge in [-0.2, -0.15) is 0 Å². The Morgan fingerprint density at radius 2 is 1.85 bits per heavy atom. The molecule has 5 rings (SSSR count). The Morgan fingerprint density at radius 1 is 1.09 bits per heavy atom. The first-order valence-electron chi connectivity index (χ1n) is 10.1. The molecule has 0 aliphatic carbocycles. The molecule has 2 aromatic carbocycles. The second-order valence-electron chi connectivity index (χ2n) is 7.70. The fourth-order valence-electron chi connectivity index (χ4n) is 4.07. The number of methoxy groups -OCH3 is 1. The molecule has 8 heteroatoms. The summed E-state index contributed by atoms with van der Waals surface area (Å²) in [4.78, 5) is 44.5. The lowest BCUT2D eigenvalue weighted by atomic mass is 9.97. The first kappa shape index (κ1) is 20.6. The molecule has 164 valence electrons. The molecule has 0 radical (unpaired) electrons. The number of halogens is 1. The van der Waals surface area contributed by atoms with Crippen LogP contribution in [0.15, 0.2) is 70.0 Å². The molecule has 1 atom stereocenters. The Labute approximate surface area is 187 Å². The summed E-state index contributed by atoms with van der Waals surface area (Å²) in [5, 5.41) is 0.0387. The van der Waals surface area contributed by atoms with Crippen LogP contribution in [0.1, 0.15) is 43.6 Å². The third kappa shape index (κ3) is 3.27. The van der Waals surface area contributed by atoms with Gasteiger partial charge in [-0.3, -0.25) is 14.5 Å². The second kappa shape index (κ2) is 7.67. The number of fused-ring (bicyclic) bond motifs is 2. The summed E-state index contributed by atoms with van der Waals surface area (Å²) in [6.07, 6.45) is 1.57. The van der Waals surface area contributed by atoms with E-state index in [2.05, 4.69) is 4.98 Å². The lowest BCUT2D eigenvalue weighted by Crippen LogP contribution is -2.30. The summed E-state index contributed by atoms with van der Waals surface area (Å²) in [5.41, 5.74) is 1.45. The highest BCUT2D eigenvalue weighted by Gasteiger charge is 2.44. The Bertz CT molecular complexity index is 1490. The van der Waals surface area contributed by atoms with Crippen molar-refractivity contribution in [2.75, 3.05) is 12.0 Å². The summed E-state index contributed by atoms with van der Waals surface area (Å²) < 4.78 is 24.4. The Kier molecular flexibility index (Phi) is 4.78. The van der Waals surface area contributed by atoms with Gasteiger partial charge < -0.3 is 9.15 Å². The van der Waals surface area contributed by atoms with Gasteiger partial charge in [0.15, 0.2) is 5.43 Å². The average molecular weight is 444 g/mol. The van der Waals surface area contributed by atoms with Gasteiger partial charge in [0, 0.05) is 6.20 Å². The van der Waals surface area contributed by atoms with Gasteiger partial charge in [-0.15, -0.1) is 0 Å². The smallest absolute Gasteiger partial charge is 0.337 e. The monoisotopic (exact) mass is 444 g/mol. The number of anilines is 1. The lowest BCUT2D eigenvalue weighted by Gasteiger charge is -2.24. The van der Waals surface area contributed by atoms with Gasteiger partial charge in [0.1, 0.15) is 17.2 Å². The molecular formula is C25H17FN2O5. The van der Waals surface area contributed by atoms with Crippen molar-refractivity contribution in [3.8, 4) is 0 Å². The molecule has 2 aromatic heterocycles. The van der Waals surface area contributed by atoms with E-state index in [1.807, 2.05) is 6.92 Å². The van der Waals surface area contributed by atoms with Gasteiger partial charge in [-0.1, -0.05) is 12.1 Å². The standard InChI is InChI=1S/C25H17FN2O5/c1-13-9-10-27-19(11-13)28-21(14-3-5-15(6-4-14)25(31)32-2)20-22(29)17-12-16(26)7-8-18(17)33-23(20)24(28)30/h3-12,21H,1-2H3/t21-/m1/s1. The fourth-order valence-corrected chi connectivity index (χ4v) is 4.07. The molecule has 0 N–H and O–H groups in total. The van der Waals surface area contributed by atoms with E-state index in [-0.39, 0.29) is 22.3 Å². The lowest BCUT2D eigenvalue weighted by molar-refractivity contribution is 0.0600. The van der Waals surface area contributed by atoms with Crippen LogP contribution in [0.25, 0.3) is 11.0 Å². The number of esters is 1. The molecule has 3 heterocycles. The van der Waals surface area contributed by atoms with Crippen LogP contribution < -0.4 is 10.3 Å². The van der Waals surface area contributed by atoms with Gasteiger partial charge in [0.2, 0.25) is 5.76 Å². The average Bonchev–Trinajstić information content (AvgIpc) is 3.11. The predicted octanol–water partition coefficient (Wildman–Crippen LogP) is 4.17. The largest absolute Gasteiger partial charge is 0.465 e. The van der Waals surface area contributed by atoms with Crippen molar-refractivity contribution < 1.29 is 23.1 Å². The Morgan fingerprint density at radius 3 is 2.55 bits per heavy atom.